The third kappa shape index (κ3) is 3.63. The van der Waals surface area contributed by atoms with Gasteiger partial charge in [-0.25, -0.2) is 4.98 Å². The van der Waals surface area contributed by atoms with Crippen molar-refractivity contribution in [3.63, 3.8) is 0 Å². The fourth-order valence-electron chi connectivity index (χ4n) is 3.79. The molecular formula is C20H24N6O. The van der Waals surface area contributed by atoms with Gasteiger partial charge in [0.1, 0.15) is 5.82 Å². The Labute approximate surface area is 158 Å². The maximum Gasteiger partial charge on any atom is 0.257 e. The molecule has 140 valence electrons. The minimum absolute atomic E-state index is 0.0719. The van der Waals surface area contributed by atoms with E-state index in [1.165, 1.54) is 0 Å². The fraction of sp³-hybridized carbons (Fsp3) is 0.400. The van der Waals surface area contributed by atoms with Gasteiger partial charge in [0.25, 0.3) is 5.91 Å². The molecule has 1 aliphatic heterocycles. The highest BCUT2D eigenvalue weighted by Crippen LogP contribution is 2.24. The molecule has 0 saturated carbocycles. The van der Waals surface area contributed by atoms with E-state index in [1.807, 2.05) is 36.5 Å². The van der Waals surface area contributed by atoms with Gasteiger partial charge < -0.3 is 9.47 Å². The van der Waals surface area contributed by atoms with Gasteiger partial charge in [-0.05, 0) is 37.8 Å². The maximum absolute atomic E-state index is 12.8. The summed E-state index contributed by atoms with van der Waals surface area (Å²) in [5.74, 6) is 1.42. The minimum Gasteiger partial charge on any atom is -0.338 e. The first kappa shape index (κ1) is 17.5. The lowest BCUT2D eigenvalue weighted by Crippen LogP contribution is -2.41. The monoisotopic (exact) mass is 364 g/mol. The smallest absolute Gasteiger partial charge is 0.257 e. The molecule has 1 unspecified atom stereocenters. The van der Waals surface area contributed by atoms with E-state index in [1.54, 1.807) is 23.3 Å². The van der Waals surface area contributed by atoms with Crippen molar-refractivity contribution in [3.05, 3.63) is 54.4 Å². The first-order valence-electron chi connectivity index (χ1n) is 9.32. The number of aryl methyl sites for hydroxylation is 2. The summed E-state index contributed by atoms with van der Waals surface area (Å²) >= 11 is 0. The SMILES string of the molecule is Cc1cnc(-c2cccnc2)n1CC1CCCN(C(=O)c2cnn(C)c2)C1. The number of rotatable bonds is 4. The van der Waals surface area contributed by atoms with Gasteiger partial charge in [0.05, 0.1) is 11.8 Å². The first-order chi connectivity index (χ1) is 13.1. The van der Waals surface area contributed by atoms with Crippen LogP contribution >= 0.6 is 0 Å². The number of hydrogen-bond acceptors (Lipinski definition) is 4. The van der Waals surface area contributed by atoms with E-state index in [0.717, 1.165) is 49.6 Å². The molecule has 0 radical (unpaired) electrons. The van der Waals surface area contributed by atoms with Crippen LogP contribution < -0.4 is 0 Å². The summed E-state index contributed by atoms with van der Waals surface area (Å²) in [6.45, 7) is 4.50. The molecule has 3 aromatic heterocycles. The Morgan fingerprint density at radius 2 is 2.19 bits per heavy atom. The van der Waals surface area contributed by atoms with Gasteiger partial charge in [-0.1, -0.05) is 0 Å². The number of amides is 1. The van der Waals surface area contributed by atoms with E-state index in [0.29, 0.717) is 11.5 Å². The lowest BCUT2D eigenvalue weighted by Gasteiger charge is -2.33. The average molecular weight is 364 g/mol. The van der Waals surface area contributed by atoms with Crippen LogP contribution in [0.5, 0.6) is 0 Å². The molecule has 1 saturated heterocycles. The molecule has 0 aromatic carbocycles. The molecule has 1 aliphatic rings. The van der Waals surface area contributed by atoms with E-state index >= 15 is 0 Å². The zero-order valence-electron chi connectivity index (χ0n) is 15.7. The molecule has 0 spiro atoms. The van der Waals surface area contributed by atoms with Crippen molar-refractivity contribution >= 4 is 5.91 Å². The van der Waals surface area contributed by atoms with Crippen LogP contribution in [-0.4, -0.2) is 48.2 Å². The van der Waals surface area contributed by atoms with Gasteiger partial charge >= 0.3 is 0 Å². The number of nitrogens with zero attached hydrogens (tertiary/aromatic N) is 6. The minimum atomic E-state index is 0.0719. The third-order valence-corrected chi connectivity index (χ3v) is 5.17. The van der Waals surface area contributed by atoms with E-state index in [9.17, 15) is 4.79 Å². The molecule has 0 bridgehead atoms. The lowest BCUT2D eigenvalue weighted by atomic mass is 9.97. The molecule has 7 nitrogen and oxygen atoms in total. The Balaban J connectivity index is 1.50. The molecule has 1 fully saturated rings. The number of piperidine rings is 1. The zero-order valence-corrected chi connectivity index (χ0v) is 15.7. The Morgan fingerprint density at radius 3 is 2.93 bits per heavy atom. The summed E-state index contributed by atoms with van der Waals surface area (Å²) in [5, 5.41) is 4.12. The lowest BCUT2D eigenvalue weighted by molar-refractivity contribution is 0.0662. The normalized spacial score (nSPS) is 17.3. The van der Waals surface area contributed by atoms with E-state index in [4.69, 9.17) is 0 Å². The second kappa shape index (κ2) is 7.34. The first-order valence-corrected chi connectivity index (χ1v) is 9.32. The van der Waals surface area contributed by atoms with Crippen molar-refractivity contribution in [2.75, 3.05) is 13.1 Å². The predicted molar refractivity (Wildman–Crippen MR) is 102 cm³/mol. The van der Waals surface area contributed by atoms with Crippen LogP contribution in [0.3, 0.4) is 0 Å². The molecule has 4 heterocycles. The molecule has 1 atom stereocenters. The van der Waals surface area contributed by atoms with Crippen LogP contribution in [0, 0.1) is 12.8 Å². The number of imidazole rings is 1. The molecule has 27 heavy (non-hydrogen) atoms. The number of likely N-dealkylation sites (tertiary alicyclic amines) is 1. The molecule has 1 amide bonds. The van der Waals surface area contributed by atoms with Gasteiger partial charge in [-0.15, -0.1) is 0 Å². The Kier molecular flexibility index (Phi) is 4.75. The summed E-state index contributed by atoms with van der Waals surface area (Å²) in [6, 6.07) is 3.96. The highest BCUT2D eigenvalue weighted by atomic mass is 16.2. The fourth-order valence-corrected chi connectivity index (χ4v) is 3.79. The summed E-state index contributed by atoms with van der Waals surface area (Å²) in [6.07, 6.45) is 11.1. The second-order valence-electron chi connectivity index (χ2n) is 7.24. The highest BCUT2D eigenvalue weighted by Gasteiger charge is 2.26. The topological polar surface area (TPSA) is 68.8 Å². The van der Waals surface area contributed by atoms with Gasteiger partial charge in [0.2, 0.25) is 0 Å². The average Bonchev–Trinajstić information content (AvgIpc) is 3.28. The Bertz CT molecular complexity index is 929. The van der Waals surface area contributed by atoms with Gasteiger partial charge in [-0.2, -0.15) is 5.10 Å². The number of carbonyl (C=O) groups excluding carboxylic acids is 1. The van der Waals surface area contributed by atoms with Crippen molar-refractivity contribution in [3.8, 4) is 11.4 Å². The van der Waals surface area contributed by atoms with Crippen LogP contribution in [0.2, 0.25) is 0 Å². The summed E-state index contributed by atoms with van der Waals surface area (Å²) < 4.78 is 3.92. The number of pyridine rings is 1. The number of hydrogen-bond donors (Lipinski definition) is 0. The van der Waals surface area contributed by atoms with Crippen LogP contribution in [0.4, 0.5) is 0 Å². The third-order valence-electron chi connectivity index (χ3n) is 5.17. The zero-order chi connectivity index (χ0) is 18.8. The van der Waals surface area contributed by atoms with Crippen molar-refractivity contribution in [1.82, 2.24) is 29.2 Å². The van der Waals surface area contributed by atoms with Crippen molar-refractivity contribution < 1.29 is 4.79 Å². The highest BCUT2D eigenvalue weighted by molar-refractivity contribution is 5.93. The van der Waals surface area contributed by atoms with Gasteiger partial charge in [-0.3, -0.25) is 14.5 Å². The summed E-state index contributed by atoms with van der Waals surface area (Å²) in [4.78, 5) is 23.5. The molecule has 3 aromatic rings. The number of aromatic nitrogens is 5. The van der Waals surface area contributed by atoms with Crippen molar-refractivity contribution in [2.45, 2.75) is 26.3 Å². The van der Waals surface area contributed by atoms with E-state index in [-0.39, 0.29) is 5.91 Å². The van der Waals surface area contributed by atoms with Crippen molar-refractivity contribution in [1.29, 1.82) is 0 Å². The van der Waals surface area contributed by atoms with Gasteiger partial charge in [0, 0.05) is 62.7 Å². The summed E-state index contributed by atoms with van der Waals surface area (Å²) in [7, 11) is 1.83. The molecule has 7 heteroatoms. The molecule has 4 rings (SSSR count). The maximum atomic E-state index is 12.8. The van der Waals surface area contributed by atoms with Gasteiger partial charge in [0.15, 0.2) is 0 Å². The number of carbonyl (C=O) groups is 1. The molecular weight excluding hydrogens is 340 g/mol. The standard InChI is InChI=1S/C20H24N6O/c1-15-9-22-19(17-6-3-7-21-10-17)26(15)13-16-5-4-8-25(12-16)20(27)18-11-23-24(2)14-18/h3,6-7,9-11,14,16H,4-5,8,12-13H2,1-2H3. The van der Waals surface area contributed by atoms with Crippen LogP contribution in [0.1, 0.15) is 28.9 Å². The second-order valence-corrected chi connectivity index (χ2v) is 7.24. The van der Waals surface area contributed by atoms with Crippen LogP contribution in [0.25, 0.3) is 11.4 Å². The van der Waals surface area contributed by atoms with Crippen LogP contribution in [-0.2, 0) is 13.6 Å². The quantitative estimate of drug-likeness (QED) is 0.713. The Morgan fingerprint density at radius 1 is 1.30 bits per heavy atom. The van der Waals surface area contributed by atoms with Crippen LogP contribution in [0.15, 0.2) is 43.1 Å². The van der Waals surface area contributed by atoms with E-state index in [2.05, 4.69) is 26.6 Å². The summed E-state index contributed by atoms with van der Waals surface area (Å²) in [5.41, 5.74) is 2.81. The van der Waals surface area contributed by atoms with Crippen molar-refractivity contribution in [2.24, 2.45) is 13.0 Å². The Hall–Kier alpha value is -2.96. The van der Waals surface area contributed by atoms with E-state index < -0.39 is 0 Å². The molecule has 0 N–H and O–H groups in total. The molecule has 0 aliphatic carbocycles. The largest absolute Gasteiger partial charge is 0.338 e. The predicted octanol–water partition coefficient (Wildman–Crippen LogP) is 2.54.